The van der Waals surface area contributed by atoms with E-state index in [4.69, 9.17) is 4.74 Å². The zero-order chi connectivity index (χ0) is 18.0. The van der Waals surface area contributed by atoms with Crippen LogP contribution >= 0.6 is 0 Å². The molecule has 0 radical (unpaired) electrons. The first-order chi connectivity index (χ1) is 12.0. The highest BCUT2D eigenvalue weighted by Crippen LogP contribution is 2.24. The third-order valence-corrected chi connectivity index (χ3v) is 4.70. The van der Waals surface area contributed by atoms with E-state index in [9.17, 15) is 9.59 Å². The number of carbonyl (C=O) groups is 1. The number of anilines is 1. The Balaban J connectivity index is 1.87. The Hall–Kier alpha value is -2.12. The molecule has 1 saturated heterocycles. The van der Waals surface area contributed by atoms with Gasteiger partial charge in [0.05, 0.1) is 24.2 Å². The van der Waals surface area contributed by atoms with Crippen molar-refractivity contribution in [1.82, 2.24) is 14.5 Å². The monoisotopic (exact) mass is 346 g/mol. The first-order valence-electron chi connectivity index (χ1n) is 8.89. The molecule has 1 aliphatic heterocycles. The number of amides is 1. The Labute approximate surface area is 147 Å². The predicted molar refractivity (Wildman–Crippen MR) is 98.1 cm³/mol. The van der Waals surface area contributed by atoms with Crippen LogP contribution in [-0.4, -0.2) is 40.8 Å². The van der Waals surface area contributed by atoms with Crippen LogP contribution in [0.15, 0.2) is 16.9 Å². The van der Waals surface area contributed by atoms with Gasteiger partial charge in [0.25, 0.3) is 0 Å². The SMILES string of the molecule is CCn1c(=O)n(CC)c2cc(NC(=O)C[C@H]3COCCN3)c(C)cc21. The fourth-order valence-corrected chi connectivity index (χ4v) is 3.39. The van der Waals surface area contributed by atoms with Gasteiger partial charge in [0, 0.05) is 37.8 Å². The number of nitrogens with zero attached hydrogens (tertiary/aromatic N) is 2. The zero-order valence-corrected chi connectivity index (χ0v) is 15.1. The minimum absolute atomic E-state index is 0.00793. The van der Waals surface area contributed by atoms with E-state index >= 15 is 0 Å². The highest BCUT2D eigenvalue weighted by Gasteiger charge is 2.18. The Morgan fingerprint density at radius 3 is 2.56 bits per heavy atom. The smallest absolute Gasteiger partial charge is 0.329 e. The van der Waals surface area contributed by atoms with Gasteiger partial charge in [0.15, 0.2) is 0 Å². The van der Waals surface area contributed by atoms with Gasteiger partial charge in [-0.1, -0.05) is 0 Å². The van der Waals surface area contributed by atoms with Crippen molar-refractivity contribution in [1.29, 1.82) is 0 Å². The van der Waals surface area contributed by atoms with E-state index in [2.05, 4.69) is 10.6 Å². The lowest BCUT2D eigenvalue weighted by molar-refractivity contribution is -0.117. The molecule has 0 saturated carbocycles. The number of carbonyl (C=O) groups excluding carboxylic acids is 1. The second-order valence-electron chi connectivity index (χ2n) is 6.41. The number of aromatic nitrogens is 2. The van der Waals surface area contributed by atoms with E-state index in [1.165, 1.54) is 0 Å². The summed E-state index contributed by atoms with van der Waals surface area (Å²) in [5.74, 6) is -0.0502. The van der Waals surface area contributed by atoms with Gasteiger partial charge in [-0.05, 0) is 38.5 Å². The summed E-state index contributed by atoms with van der Waals surface area (Å²) in [4.78, 5) is 24.8. The van der Waals surface area contributed by atoms with E-state index in [0.717, 1.165) is 28.8 Å². The quantitative estimate of drug-likeness (QED) is 0.859. The van der Waals surface area contributed by atoms with Gasteiger partial charge in [-0.25, -0.2) is 4.79 Å². The van der Waals surface area contributed by atoms with E-state index in [-0.39, 0.29) is 17.6 Å². The Morgan fingerprint density at radius 1 is 1.28 bits per heavy atom. The van der Waals surface area contributed by atoms with Crippen LogP contribution in [0.2, 0.25) is 0 Å². The molecule has 7 heteroatoms. The molecular formula is C18H26N4O3. The van der Waals surface area contributed by atoms with Gasteiger partial charge in [-0.15, -0.1) is 0 Å². The number of benzene rings is 1. The number of hydrogen-bond donors (Lipinski definition) is 2. The molecule has 0 aliphatic carbocycles. The van der Waals surface area contributed by atoms with Crippen LogP contribution in [-0.2, 0) is 22.6 Å². The first kappa shape index (κ1) is 17.7. The predicted octanol–water partition coefficient (Wildman–Crippen LogP) is 1.47. The summed E-state index contributed by atoms with van der Waals surface area (Å²) in [7, 11) is 0. The number of rotatable bonds is 5. The minimum atomic E-state index is -0.0502. The van der Waals surface area contributed by atoms with Crippen LogP contribution in [0.3, 0.4) is 0 Å². The molecule has 1 aromatic carbocycles. The van der Waals surface area contributed by atoms with E-state index < -0.39 is 0 Å². The number of hydrogen-bond acceptors (Lipinski definition) is 4. The molecule has 1 atom stereocenters. The van der Waals surface area contributed by atoms with Crippen molar-refractivity contribution in [3.63, 3.8) is 0 Å². The molecule has 0 bridgehead atoms. The summed E-state index contributed by atoms with van der Waals surface area (Å²) >= 11 is 0. The van der Waals surface area contributed by atoms with Crippen molar-refractivity contribution >= 4 is 22.6 Å². The number of fused-ring (bicyclic) bond motifs is 1. The van der Waals surface area contributed by atoms with Crippen LogP contribution < -0.4 is 16.3 Å². The van der Waals surface area contributed by atoms with Crippen molar-refractivity contribution in [3.8, 4) is 0 Å². The van der Waals surface area contributed by atoms with Crippen molar-refractivity contribution in [2.24, 2.45) is 0 Å². The van der Waals surface area contributed by atoms with E-state index in [0.29, 0.717) is 32.7 Å². The topological polar surface area (TPSA) is 77.3 Å². The molecule has 25 heavy (non-hydrogen) atoms. The zero-order valence-electron chi connectivity index (χ0n) is 15.1. The summed E-state index contributed by atoms with van der Waals surface area (Å²) in [6.07, 6.45) is 0.369. The molecular weight excluding hydrogens is 320 g/mol. The van der Waals surface area contributed by atoms with Crippen LogP contribution in [0.4, 0.5) is 5.69 Å². The fourth-order valence-electron chi connectivity index (χ4n) is 3.39. The number of ether oxygens (including phenoxy) is 1. The average Bonchev–Trinajstić information content (AvgIpc) is 2.85. The lowest BCUT2D eigenvalue weighted by atomic mass is 10.1. The molecule has 3 rings (SSSR count). The summed E-state index contributed by atoms with van der Waals surface area (Å²) in [5.41, 5.74) is 3.46. The molecule has 2 N–H and O–H groups in total. The second kappa shape index (κ2) is 7.41. The van der Waals surface area contributed by atoms with Crippen molar-refractivity contribution in [3.05, 3.63) is 28.2 Å². The number of morpholine rings is 1. The highest BCUT2D eigenvalue weighted by molar-refractivity contribution is 5.94. The Bertz CT molecular complexity index is 831. The van der Waals surface area contributed by atoms with Crippen LogP contribution in [0, 0.1) is 6.92 Å². The second-order valence-corrected chi connectivity index (χ2v) is 6.41. The van der Waals surface area contributed by atoms with Gasteiger partial charge in [0.1, 0.15) is 0 Å². The molecule has 2 heterocycles. The fraction of sp³-hybridized carbons (Fsp3) is 0.556. The molecule has 2 aromatic rings. The summed E-state index contributed by atoms with van der Waals surface area (Å²) in [6.45, 7) is 9.11. The van der Waals surface area contributed by atoms with Crippen molar-refractivity contribution < 1.29 is 9.53 Å². The molecule has 0 spiro atoms. The van der Waals surface area contributed by atoms with Crippen molar-refractivity contribution in [2.45, 2.75) is 46.3 Å². The first-order valence-corrected chi connectivity index (χ1v) is 8.89. The Kier molecular flexibility index (Phi) is 5.24. The average molecular weight is 346 g/mol. The molecule has 1 aliphatic rings. The molecule has 1 fully saturated rings. The largest absolute Gasteiger partial charge is 0.378 e. The summed E-state index contributed by atoms with van der Waals surface area (Å²) < 4.78 is 8.89. The number of aryl methyl sites for hydroxylation is 3. The molecule has 1 aromatic heterocycles. The minimum Gasteiger partial charge on any atom is -0.378 e. The van der Waals surface area contributed by atoms with Crippen LogP contribution in [0.25, 0.3) is 11.0 Å². The van der Waals surface area contributed by atoms with Gasteiger partial charge in [-0.2, -0.15) is 0 Å². The summed E-state index contributed by atoms with van der Waals surface area (Å²) in [5, 5.41) is 6.27. The molecule has 1 amide bonds. The van der Waals surface area contributed by atoms with Crippen molar-refractivity contribution in [2.75, 3.05) is 25.1 Å². The standard InChI is InChI=1S/C18H26N4O3/c1-4-21-15-8-12(3)14(10-16(15)22(5-2)18(21)24)20-17(23)9-13-11-25-7-6-19-13/h8,10,13,19H,4-7,9,11H2,1-3H3,(H,20,23)/t13-/m0/s1. The van der Waals surface area contributed by atoms with Gasteiger partial charge >= 0.3 is 5.69 Å². The molecule has 0 unspecified atom stereocenters. The number of imidazole rings is 1. The third kappa shape index (κ3) is 3.48. The van der Waals surface area contributed by atoms with Gasteiger partial charge in [-0.3, -0.25) is 13.9 Å². The normalized spacial score (nSPS) is 17.8. The maximum Gasteiger partial charge on any atom is 0.329 e. The van der Waals surface area contributed by atoms with Gasteiger partial charge < -0.3 is 15.4 Å². The molecule has 7 nitrogen and oxygen atoms in total. The van der Waals surface area contributed by atoms with Crippen LogP contribution in [0.5, 0.6) is 0 Å². The lowest BCUT2D eigenvalue weighted by Crippen LogP contribution is -2.43. The maximum atomic E-state index is 12.5. The third-order valence-electron chi connectivity index (χ3n) is 4.70. The highest BCUT2D eigenvalue weighted by atomic mass is 16.5. The number of nitrogens with one attached hydrogen (secondary N) is 2. The Morgan fingerprint density at radius 2 is 1.96 bits per heavy atom. The molecule has 136 valence electrons. The van der Waals surface area contributed by atoms with Gasteiger partial charge in [0.2, 0.25) is 5.91 Å². The lowest BCUT2D eigenvalue weighted by Gasteiger charge is -2.23. The summed E-state index contributed by atoms with van der Waals surface area (Å²) in [6, 6.07) is 3.93. The maximum absolute atomic E-state index is 12.5. The van der Waals surface area contributed by atoms with E-state index in [1.54, 1.807) is 9.13 Å². The van der Waals surface area contributed by atoms with Crippen LogP contribution in [0.1, 0.15) is 25.8 Å². The van der Waals surface area contributed by atoms with E-state index in [1.807, 2.05) is 32.9 Å².